The molecule has 4 rings (SSSR count). The van der Waals surface area contributed by atoms with Gasteiger partial charge in [-0.3, -0.25) is 19.3 Å². The third kappa shape index (κ3) is 3.82. The van der Waals surface area contributed by atoms with Crippen molar-refractivity contribution in [2.45, 2.75) is 26.3 Å². The fourth-order valence-corrected chi connectivity index (χ4v) is 3.37. The van der Waals surface area contributed by atoms with E-state index in [4.69, 9.17) is 0 Å². The topological polar surface area (TPSA) is 110 Å². The van der Waals surface area contributed by atoms with E-state index in [-0.39, 0.29) is 37.2 Å². The second-order valence-electron chi connectivity index (χ2n) is 6.85. The summed E-state index contributed by atoms with van der Waals surface area (Å²) in [6.45, 7) is 2.08. The zero-order valence-electron chi connectivity index (χ0n) is 16.4. The van der Waals surface area contributed by atoms with Crippen LogP contribution in [0.5, 0.6) is 0 Å². The molecule has 2 heterocycles. The van der Waals surface area contributed by atoms with Gasteiger partial charge in [0, 0.05) is 18.7 Å². The van der Waals surface area contributed by atoms with E-state index in [9.17, 15) is 14.4 Å². The van der Waals surface area contributed by atoms with Gasteiger partial charge in [0.2, 0.25) is 5.91 Å². The van der Waals surface area contributed by atoms with Crippen molar-refractivity contribution in [1.29, 1.82) is 0 Å². The van der Waals surface area contributed by atoms with Gasteiger partial charge in [0.1, 0.15) is 6.54 Å². The molecule has 1 aliphatic rings. The number of nitrogens with one attached hydrogen (secondary N) is 1. The number of nitrogens with zero attached hydrogens (tertiary/aromatic N) is 5. The lowest BCUT2D eigenvalue weighted by Crippen LogP contribution is -2.32. The van der Waals surface area contributed by atoms with E-state index in [1.165, 1.54) is 9.70 Å². The summed E-state index contributed by atoms with van der Waals surface area (Å²) in [6, 6.07) is 14.3. The first-order valence-corrected chi connectivity index (χ1v) is 9.66. The number of hydrogen-bond acceptors (Lipinski definition) is 6. The lowest BCUT2D eigenvalue weighted by atomic mass is 10.1. The van der Waals surface area contributed by atoms with Gasteiger partial charge < -0.3 is 5.32 Å². The molecule has 0 spiro atoms. The smallest absolute Gasteiger partial charge is 0.261 e. The van der Waals surface area contributed by atoms with Crippen molar-refractivity contribution in [1.82, 2.24) is 25.1 Å². The van der Waals surface area contributed by atoms with Gasteiger partial charge in [-0.15, -0.1) is 10.2 Å². The molecule has 0 saturated heterocycles. The monoisotopic (exact) mass is 404 g/mol. The molecular weight excluding hydrogens is 384 g/mol. The Balaban J connectivity index is 1.34. The molecule has 0 fully saturated rings. The average molecular weight is 404 g/mol. The fraction of sp³-hybridized carbons (Fsp3) is 0.238. The van der Waals surface area contributed by atoms with E-state index >= 15 is 0 Å². The maximum absolute atomic E-state index is 12.4. The van der Waals surface area contributed by atoms with Crippen LogP contribution in [0.25, 0.3) is 0 Å². The molecular formula is C21H20N6O3. The third-order valence-electron chi connectivity index (χ3n) is 4.89. The Labute approximate surface area is 172 Å². The molecule has 3 amide bonds. The van der Waals surface area contributed by atoms with Gasteiger partial charge in [0.25, 0.3) is 11.8 Å². The minimum Gasteiger partial charge on any atom is -0.324 e. The van der Waals surface area contributed by atoms with Crippen LogP contribution >= 0.6 is 0 Å². The Morgan fingerprint density at radius 2 is 1.67 bits per heavy atom. The molecule has 0 radical (unpaired) electrons. The molecule has 0 saturated carbocycles. The van der Waals surface area contributed by atoms with Crippen LogP contribution in [0, 0.1) is 0 Å². The maximum Gasteiger partial charge on any atom is 0.261 e. The lowest BCUT2D eigenvalue weighted by Gasteiger charge is -2.11. The molecule has 9 heteroatoms. The van der Waals surface area contributed by atoms with Crippen molar-refractivity contribution < 1.29 is 14.4 Å². The summed E-state index contributed by atoms with van der Waals surface area (Å²) in [5, 5.41) is 14.8. The molecule has 152 valence electrons. The Morgan fingerprint density at radius 3 is 2.37 bits per heavy atom. The number of tetrazole rings is 1. The number of anilines is 1. The zero-order valence-corrected chi connectivity index (χ0v) is 16.4. The number of carbonyl (C=O) groups is 3. The lowest BCUT2D eigenvalue weighted by molar-refractivity contribution is -0.117. The Morgan fingerprint density at radius 1 is 1.00 bits per heavy atom. The van der Waals surface area contributed by atoms with Crippen LogP contribution in [0.15, 0.2) is 48.5 Å². The van der Waals surface area contributed by atoms with Crippen LogP contribution in [0.2, 0.25) is 0 Å². The summed E-state index contributed by atoms with van der Waals surface area (Å²) in [5.74, 6) is -0.553. The van der Waals surface area contributed by atoms with Gasteiger partial charge >= 0.3 is 0 Å². The van der Waals surface area contributed by atoms with Crippen molar-refractivity contribution in [3.8, 4) is 0 Å². The van der Waals surface area contributed by atoms with Crippen LogP contribution < -0.4 is 5.32 Å². The summed E-state index contributed by atoms with van der Waals surface area (Å²) in [4.78, 5) is 39.5. The minimum atomic E-state index is -0.322. The number of amides is 3. The van der Waals surface area contributed by atoms with Gasteiger partial charge in [0.05, 0.1) is 11.1 Å². The molecule has 2 aromatic carbocycles. The number of fused-ring (bicyclic) bond motifs is 1. The first kappa shape index (κ1) is 19.4. The first-order valence-electron chi connectivity index (χ1n) is 9.66. The normalized spacial score (nSPS) is 12.9. The Bertz CT molecular complexity index is 1090. The standard InChI is InChI=1S/C21H20N6O3/c1-2-14-7-3-6-10-17(14)22-19(28)13-27-24-18(23-25-27)11-12-26-20(29)15-8-4-5-9-16(15)21(26)30/h3-10H,2,11-13H2,1H3,(H,22,28). The maximum atomic E-state index is 12.4. The van der Waals surface area contributed by atoms with Crippen LogP contribution in [0.1, 0.15) is 39.0 Å². The SMILES string of the molecule is CCc1ccccc1NC(=O)Cn1nnc(CCN2C(=O)c3ccccc3C2=O)n1. The molecule has 0 aliphatic carbocycles. The highest BCUT2D eigenvalue weighted by Gasteiger charge is 2.34. The summed E-state index contributed by atoms with van der Waals surface area (Å²) in [5.41, 5.74) is 2.61. The van der Waals surface area contributed by atoms with Crippen molar-refractivity contribution in [3.63, 3.8) is 0 Å². The number of imide groups is 1. The fourth-order valence-electron chi connectivity index (χ4n) is 3.37. The third-order valence-corrected chi connectivity index (χ3v) is 4.89. The minimum absolute atomic E-state index is 0.0853. The predicted molar refractivity (Wildman–Crippen MR) is 108 cm³/mol. The van der Waals surface area contributed by atoms with Crippen molar-refractivity contribution in [3.05, 3.63) is 71.0 Å². The van der Waals surface area contributed by atoms with E-state index < -0.39 is 0 Å². The van der Waals surface area contributed by atoms with Gasteiger partial charge in [-0.25, -0.2) is 0 Å². The molecule has 9 nitrogen and oxygen atoms in total. The van der Waals surface area contributed by atoms with Crippen LogP contribution in [0.4, 0.5) is 5.69 Å². The summed E-state index contributed by atoms with van der Waals surface area (Å²) >= 11 is 0. The molecule has 0 bridgehead atoms. The molecule has 30 heavy (non-hydrogen) atoms. The van der Waals surface area contributed by atoms with Crippen molar-refractivity contribution in [2.75, 3.05) is 11.9 Å². The van der Waals surface area contributed by atoms with E-state index in [1.807, 2.05) is 31.2 Å². The summed E-state index contributed by atoms with van der Waals surface area (Å²) in [7, 11) is 0. The molecule has 1 aromatic heterocycles. The first-order chi connectivity index (χ1) is 14.6. The number of hydrogen-bond donors (Lipinski definition) is 1. The summed E-state index contributed by atoms with van der Waals surface area (Å²) in [6.07, 6.45) is 1.06. The number of rotatable bonds is 7. The van der Waals surface area contributed by atoms with Gasteiger partial charge in [-0.05, 0) is 35.4 Å². The average Bonchev–Trinajstić information content (AvgIpc) is 3.29. The van der Waals surface area contributed by atoms with E-state index in [0.29, 0.717) is 17.0 Å². The van der Waals surface area contributed by atoms with E-state index in [2.05, 4.69) is 20.7 Å². The highest BCUT2D eigenvalue weighted by atomic mass is 16.2. The molecule has 0 atom stereocenters. The molecule has 3 aromatic rings. The second kappa shape index (κ2) is 8.24. The Hall–Kier alpha value is -3.88. The largest absolute Gasteiger partial charge is 0.324 e. The van der Waals surface area contributed by atoms with Crippen LogP contribution in [0.3, 0.4) is 0 Å². The summed E-state index contributed by atoms with van der Waals surface area (Å²) < 4.78 is 0. The highest BCUT2D eigenvalue weighted by molar-refractivity contribution is 6.21. The molecule has 1 N–H and O–H groups in total. The van der Waals surface area contributed by atoms with E-state index in [1.54, 1.807) is 24.3 Å². The second-order valence-corrected chi connectivity index (χ2v) is 6.85. The number of carbonyl (C=O) groups excluding carboxylic acids is 3. The highest BCUT2D eigenvalue weighted by Crippen LogP contribution is 2.22. The quantitative estimate of drug-likeness (QED) is 0.601. The number of aromatic nitrogens is 4. The van der Waals surface area contributed by atoms with Crippen molar-refractivity contribution in [2.24, 2.45) is 0 Å². The number of benzene rings is 2. The van der Waals surface area contributed by atoms with Gasteiger partial charge in [-0.1, -0.05) is 37.3 Å². The predicted octanol–water partition coefficient (Wildman–Crippen LogP) is 1.71. The molecule has 1 aliphatic heterocycles. The van der Waals surface area contributed by atoms with Crippen LogP contribution in [-0.2, 0) is 24.2 Å². The van der Waals surface area contributed by atoms with Gasteiger partial charge in [-0.2, -0.15) is 4.80 Å². The van der Waals surface area contributed by atoms with Crippen molar-refractivity contribution >= 4 is 23.4 Å². The van der Waals surface area contributed by atoms with Gasteiger partial charge in [0.15, 0.2) is 5.82 Å². The number of para-hydroxylation sites is 1. The Kier molecular flexibility index (Phi) is 5.34. The van der Waals surface area contributed by atoms with E-state index in [0.717, 1.165) is 17.7 Å². The van der Waals surface area contributed by atoms with Crippen LogP contribution in [-0.4, -0.2) is 49.4 Å². The number of aryl methyl sites for hydroxylation is 1. The zero-order chi connectivity index (χ0) is 21.1. The molecule has 0 unspecified atom stereocenters.